The molecular formula is C18H25NS. The molecule has 0 aliphatic carbocycles. The molecule has 0 saturated carbocycles. The summed E-state index contributed by atoms with van der Waals surface area (Å²) < 4.78 is 0. The first kappa shape index (κ1) is 15.3. The van der Waals surface area contributed by atoms with Crippen molar-refractivity contribution < 1.29 is 0 Å². The summed E-state index contributed by atoms with van der Waals surface area (Å²) in [5, 5.41) is 3.61. The van der Waals surface area contributed by atoms with E-state index >= 15 is 0 Å². The number of aryl methyl sites for hydroxylation is 1. The van der Waals surface area contributed by atoms with E-state index in [0.717, 1.165) is 13.0 Å². The van der Waals surface area contributed by atoms with Gasteiger partial charge < -0.3 is 5.32 Å². The summed E-state index contributed by atoms with van der Waals surface area (Å²) in [7, 11) is 0. The number of rotatable bonds is 6. The largest absolute Gasteiger partial charge is 0.306 e. The van der Waals surface area contributed by atoms with Crippen LogP contribution in [0.5, 0.6) is 0 Å². The van der Waals surface area contributed by atoms with Gasteiger partial charge in [0.2, 0.25) is 0 Å². The smallest absolute Gasteiger partial charge is 0.0671 e. The van der Waals surface area contributed by atoms with E-state index in [0.29, 0.717) is 12.0 Å². The SMILES string of the molecule is CCNC(c1ccc(C(C)C)cc1)c1ccc(CC)s1. The van der Waals surface area contributed by atoms with E-state index in [2.05, 4.69) is 69.4 Å². The Labute approximate surface area is 127 Å². The molecule has 0 spiro atoms. The fourth-order valence-corrected chi connectivity index (χ4v) is 3.46. The van der Waals surface area contributed by atoms with Crippen LogP contribution in [0.25, 0.3) is 0 Å². The minimum Gasteiger partial charge on any atom is -0.306 e. The number of hydrogen-bond donors (Lipinski definition) is 1. The molecule has 0 aliphatic heterocycles. The van der Waals surface area contributed by atoms with Gasteiger partial charge in [-0.3, -0.25) is 0 Å². The standard InChI is InChI=1S/C18H25NS/c1-5-16-11-12-17(20-16)18(19-6-2)15-9-7-14(8-10-15)13(3)4/h7-13,18-19H,5-6H2,1-4H3. The highest BCUT2D eigenvalue weighted by Crippen LogP contribution is 2.29. The van der Waals surface area contributed by atoms with Gasteiger partial charge in [-0.15, -0.1) is 11.3 Å². The van der Waals surface area contributed by atoms with Crippen molar-refractivity contribution in [3.63, 3.8) is 0 Å². The Kier molecular flexibility index (Phi) is 5.38. The molecule has 1 heterocycles. The van der Waals surface area contributed by atoms with Crippen molar-refractivity contribution in [1.82, 2.24) is 5.32 Å². The number of benzene rings is 1. The summed E-state index contributed by atoms with van der Waals surface area (Å²) in [6.07, 6.45) is 1.12. The van der Waals surface area contributed by atoms with E-state index in [1.54, 1.807) is 0 Å². The molecule has 2 aromatic rings. The van der Waals surface area contributed by atoms with E-state index in [9.17, 15) is 0 Å². The van der Waals surface area contributed by atoms with E-state index in [4.69, 9.17) is 0 Å². The summed E-state index contributed by atoms with van der Waals surface area (Å²) in [5.41, 5.74) is 2.77. The zero-order valence-electron chi connectivity index (χ0n) is 12.9. The van der Waals surface area contributed by atoms with Gasteiger partial charge in [0.1, 0.15) is 0 Å². The summed E-state index contributed by atoms with van der Waals surface area (Å²) >= 11 is 1.92. The molecule has 0 fully saturated rings. The third kappa shape index (κ3) is 3.50. The van der Waals surface area contributed by atoms with E-state index in [1.807, 2.05) is 11.3 Å². The normalized spacial score (nSPS) is 12.8. The molecule has 20 heavy (non-hydrogen) atoms. The Morgan fingerprint density at radius 2 is 1.60 bits per heavy atom. The van der Waals surface area contributed by atoms with Crippen LogP contribution in [0.15, 0.2) is 36.4 Å². The van der Waals surface area contributed by atoms with Crippen molar-refractivity contribution in [3.05, 3.63) is 57.3 Å². The lowest BCUT2D eigenvalue weighted by molar-refractivity contribution is 0.639. The number of nitrogens with one attached hydrogen (secondary N) is 1. The van der Waals surface area contributed by atoms with Gasteiger partial charge in [0.15, 0.2) is 0 Å². The van der Waals surface area contributed by atoms with Crippen LogP contribution < -0.4 is 5.32 Å². The van der Waals surface area contributed by atoms with Crippen LogP contribution in [0.4, 0.5) is 0 Å². The Morgan fingerprint density at radius 3 is 2.10 bits per heavy atom. The van der Waals surface area contributed by atoms with E-state index < -0.39 is 0 Å². The van der Waals surface area contributed by atoms with Crippen LogP contribution in [0.3, 0.4) is 0 Å². The third-order valence-corrected chi connectivity index (χ3v) is 4.95. The molecule has 0 amide bonds. The fourth-order valence-electron chi connectivity index (χ4n) is 2.40. The third-order valence-electron chi connectivity index (χ3n) is 3.66. The van der Waals surface area contributed by atoms with Crippen molar-refractivity contribution in [2.24, 2.45) is 0 Å². The maximum Gasteiger partial charge on any atom is 0.0671 e. The molecule has 1 aromatic heterocycles. The monoisotopic (exact) mass is 287 g/mol. The lowest BCUT2D eigenvalue weighted by Gasteiger charge is -2.18. The maximum absolute atomic E-state index is 3.61. The molecule has 0 bridgehead atoms. The van der Waals surface area contributed by atoms with Gasteiger partial charge in [-0.05, 0) is 42.1 Å². The van der Waals surface area contributed by atoms with Gasteiger partial charge in [-0.25, -0.2) is 0 Å². The van der Waals surface area contributed by atoms with Gasteiger partial charge in [-0.1, -0.05) is 52.0 Å². The van der Waals surface area contributed by atoms with Gasteiger partial charge in [0, 0.05) is 9.75 Å². The van der Waals surface area contributed by atoms with Gasteiger partial charge in [-0.2, -0.15) is 0 Å². The lowest BCUT2D eigenvalue weighted by atomic mass is 9.98. The van der Waals surface area contributed by atoms with Gasteiger partial charge in [0.25, 0.3) is 0 Å². The zero-order valence-corrected chi connectivity index (χ0v) is 13.8. The Morgan fingerprint density at radius 1 is 0.950 bits per heavy atom. The van der Waals surface area contributed by atoms with Gasteiger partial charge in [0.05, 0.1) is 6.04 Å². The molecule has 1 aromatic carbocycles. The summed E-state index contributed by atoms with van der Waals surface area (Å²) in [6, 6.07) is 13.9. The average molecular weight is 287 g/mol. The number of thiophene rings is 1. The molecule has 1 nitrogen and oxygen atoms in total. The molecule has 1 unspecified atom stereocenters. The molecule has 1 atom stereocenters. The first-order chi connectivity index (χ1) is 9.65. The number of hydrogen-bond acceptors (Lipinski definition) is 2. The molecule has 0 saturated heterocycles. The van der Waals surface area contributed by atoms with Crippen LogP contribution in [-0.2, 0) is 6.42 Å². The summed E-state index contributed by atoms with van der Waals surface area (Å²) in [5.74, 6) is 0.593. The molecule has 1 N–H and O–H groups in total. The Hall–Kier alpha value is -1.12. The van der Waals surface area contributed by atoms with Crippen LogP contribution in [-0.4, -0.2) is 6.54 Å². The van der Waals surface area contributed by atoms with Crippen LogP contribution in [0.1, 0.15) is 60.5 Å². The summed E-state index contributed by atoms with van der Waals surface area (Å²) in [6.45, 7) is 9.85. The second-order valence-corrected chi connectivity index (χ2v) is 6.67. The Bertz CT molecular complexity index is 525. The lowest BCUT2D eigenvalue weighted by Crippen LogP contribution is -2.21. The van der Waals surface area contributed by atoms with Crippen LogP contribution in [0, 0.1) is 0 Å². The predicted octanol–water partition coefficient (Wildman–Crippen LogP) is 5.13. The predicted molar refractivity (Wildman–Crippen MR) is 89.7 cm³/mol. The average Bonchev–Trinajstić information content (AvgIpc) is 2.93. The van der Waals surface area contributed by atoms with Crippen molar-refractivity contribution in [3.8, 4) is 0 Å². The molecule has 2 rings (SSSR count). The zero-order chi connectivity index (χ0) is 14.5. The second-order valence-electron chi connectivity index (χ2n) is 5.47. The van der Waals surface area contributed by atoms with E-state index in [1.165, 1.54) is 20.9 Å². The first-order valence-corrected chi connectivity index (χ1v) is 8.39. The minimum absolute atomic E-state index is 0.325. The summed E-state index contributed by atoms with van der Waals surface area (Å²) in [4.78, 5) is 2.88. The highest BCUT2D eigenvalue weighted by Gasteiger charge is 2.15. The van der Waals surface area contributed by atoms with E-state index in [-0.39, 0.29) is 0 Å². The molecule has 108 valence electrons. The van der Waals surface area contributed by atoms with Crippen molar-refractivity contribution in [2.45, 2.75) is 46.1 Å². The maximum atomic E-state index is 3.61. The first-order valence-electron chi connectivity index (χ1n) is 7.57. The highest BCUT2D eigenvalue weighted by molar-refractivity contribution is 7.12. The van der Waals surface area contributed by atoms with Crippen LogP contribution >= 0.6 is 11.3 Å². The quantitative estimate of drug-likeness (QED) is 0.776. The highest BCUT2D eigenvalue weighted by atomic mass is 32.1. The molecule has 0 radical (unpaired) electrons. The molecule has 0 aliphatic rings. The van der Waals surface area contributed by atoms with Crippen molar-refractivity contribution in [1.29, 1.82) is 0 Å². The topological polar surface area (TPSA) is 12.0 Å². The molecule has 2 heteroatoms. The minimum atomic E-state index is 0.325. The second kappa shape index (κ2) is 7.05. The van der Waals surface area contributed by atoms with Gasteiger partial charge >= 0.3 is 0 Å². The Balaban J connectivity index is 2.27. The van der Waals surface area contributed by atoms with Crippen molar-refractivity contribution >= 4 is 11.3 Å². The molecular weight excluding hydrogens is 262 g/mol. The van der Waals surface area contributed by atoms with Crippen LogP contribution in [0.2, 0.25) is 0 Å². The fraction of sp³-hybridized carbons (Fsp3) is 0.444. The van der Waals surface area contributed by atoms with Crippen molar-refractivity contribution in [2.75, 3.05) is 6.54 Å².